The molecule has 1 aliphatic rings. The lowest BCUT2D eigenvalue weighted by molar-refractivity contribution is 0.0761. The Labute approximate surface area is 157 Å². The summed E-state index contributed by atoms with van der Waals surface area (Å²) < 4.78 is 1.97. The summed E-state index contributed by atoms with van der Waals surface area (Å²) in [4.78, 5) is 26.2. The maximum atomic E-state index is 12.9. The van der Waals surface area contributed by atoms with E-state index in [1.807, 2.05) is 41.6 Å². The SMILES string of the molecule is Cc1nc(CN2CCCN(C(=O)c3ccc4c(c3)ncn4C)CC2)cs1. The van der Waals surface area contributed by atoms with Crippen LogP contribution in [0.3, 0.4) is 0 Å². The molecule has 1 aromatic carbocycles. The third-order valence-corrected chi connectivity index (χ3v) is 5.72. The van der Waals surface area contributed by atoms with E-state index in [1.165, 1.54) is 0 Å². The van der Waals surface area contributed by atoms with E-state index < -0.39 is 0 Å². The average molecular weight is 369 g/mol. The minimum Gasteiger partial charge on any atom is -0.337 e. The molecule has 1 saturated heterocycles. The zero-order valence-electron chi connectivity index (χ0n) is 15.2. The van der Waals surface area contributed by atoms with Gasteiger partial charge in [0.15, 0.2) is 0 Å². The van der Waals surface area contributed by atoms with Crippen LogP contribution in [0.15, 0.2) is 29.9 Å². The number of nitrogens with zero attached hydrogens (tertiary/aromatic N) is 5. The van der Waals surface area contributed by atoms with Crippen LogP contribution < -0.4 is 0 Å². The smallest absolute Gasteiger partial charge is 0.253 e. The van der Waals surface area contributed by atoms with E-state index >= 15 is 0 Å². The number of amides is 1. The Bertz CT molecular complexity index is 931. The summed E-state index contributed by atoms with van der Waals surface area (Å²) in [6.07, 6.45) is 2.77. The van der Waals surface area contributed by atoms with Crippen molar-refractivity contribution < 1.29 is 4.79 Å². The minimum atomic E-state index is 0.101. The monoisotopic (exact) mass is 369 g/mol. The van der Waals surface area contributed by atoms with Crippen molar-refractivity contribution in [3.63, 3.8) is 0 Å². The van der Waals surface area contributed by atoms with Crippen LogP contribution in [0, 0.1) is 6.92 Å². The molecular formula is C19H23N5OS. The summed E-state index contributed by atoms with van der Waals surface area (Å²) in [5.41, 5.74) is 3.77. The minimum absolute atomic E-state index is 0.101. The van der Waals surface area contributed by atoms with Crippen LogP contribution in [-0.2, 0) is 13.6 Å². The Kier molecular flexibility index (Phi) is 4.74. The Balaban J connectivity index is 1.43. The van der Waals surface area contributed by atoms with Crippen molar-refractivity contribution in [3.05, 3.63) is 46.2 Å². The number of rotatable bonds is 3. The van der Waals surface area contributed by atoms with E-state index in [4.69, 9.17) is 0 Å². The molecule has 2 aromatic heterocycles. The molecule has 6 nitrogen and oxygen atoms in total. The van der Waals surface area contributed by atoms with Crippen molar-refractivity contribution in [1.29, 1.82) is 0 Å². The standard InChI is InChI=1S/C19H23N5OS/c1-14-21-16(12-26-14)11-23-6-3-7-24(9-8-23)19(25)15-4-5-18-17(10-15)20-13-22(18)2/h4-5,10,12-13H,3,6-9,11H2,1-2H3. The summed E-state index contributed by atoms with van der Waals surface area (Å²) in [5.74, 6) is 0.101. The lowest BCUT2D eigenvalue weighted by Gasteiger charge is -2.21. The first-order valence-electron chi connectivity index (χ1n) is 8.94. The van der Waals surface area contributed by atoms with Gasteiger partial charge in [-0.05, 0) is 31.5 Å². The molecule has 0 atom stereocenters. The summed E-state index contributed by atoms with van der Waals surface area (Å²) >= 11 is 1.69. The van der Waals surface area contributed by atoms with Gasteiger partial charge in [0, 0.05) is 50.7 Å². The molecule has 0 saturated carbocycles. The van der Waals surface area contributed by atoms with Gasteiger partial charge in [0.2, 0.25) is 0 Å². The highest BCUT2D eigenvalue weighted by Gasteiger charge is 2.21. The number of hydrogen-bond acceptors (Lipinski definition) is 5. The summed E-state index contributed by atoms with van der Waals surface area (Å²) in [7, 11) is 1.96. The molecule has 1 amide bonds. The highest BCUT2D eigenvalue weighted by molar-refractivity contribution is 7.09. The van der Waals surface area contributed by atoms with Gasteiger partial charge in [-0.2, -0.15) is 0 Å². The van der Waals surface area contributed by atoms with E-state index in [1.54, 1.807) is 17.7 Å². The second-order valence-corrected chi connectivity index (χ2v) is 7.90. The van der Waals surface area contributed by atoms with Crippen molar-refractivity contribution in [2.24, 2.45) is 7.05 Å². The molecule has 0 N–H and O–H groups in total. The summed E-state index contributed by atoms with van der Waals surface area (Å²) in [6, 6.07) is 5.79. The maximum absolute atomic E-state index is 12.9. The number of aromatic nitrogens is 3. The van der Waals surface area contributed by atoms with E-state index in [-0.39, 0.29) is 5.91 Å². The average Bonchev–Trinajstić information content (AvgIpc) is 3.13. The Hall–Kier alpha value is -2.25. The fourth-order valence-electron chi connectivity index (χ4n) is 3.49. The molecule has 3 heterocycles. The number of thiazole rings is 1. The molecule has 4 rings (SSSR count). The first kappa shape index (κ1) is 17.2. The molecule has 7 heteroatoms. The maximum Gasteiger partial charge on any atom is 0.253 e. The van der Waals surface area contributed by atoms with Gasteiger partial charge in [0.25, 0.3) is 5.91 Å². The predicted octanol–water partition coefficient (Wildman–Crippen LogP) is 2.69. The van der Waals surface area contributed by atoms with E-state index in [2.05, 4.69) is 20.2 Å². The molecule has 1 aliphatic heterocycles. The highest BCUT2D eigenvalue weighted by atomic mass is 32.1. The second kappa shape index (κ2) is 7.17. The lowest BCUT2D eigenvalue weighted by Crippen LogP contribution is -2.35. The lowest BCUT2D eigenvalue weighted by atomic mass is 10.1. The zero-order chi connectivity index (χ0) is 18.1. The fraction of sp³-hybridized carbons (Fsp3) is 0.421. The first-order valence-corrected chi connectivity index (χ1v) is 9.82. The number of imidazole rings is 1. The fourth-order valence-corrected chi connectivity index (χ4v) is 4.10. The predicted molar refractivity (Wildman–Crippen MR) is 103 cm³/mol. The van der Waals surface area contributed by atoms with Gasteiger partial charge in [-0.3, -0.25) is 9.69 Å². The molecule has 0 unspecified atom stereocenters. The van der Waals surface area contributed by atoms with Gasteiger partial charge in [0.1, 0.15) is 0 Å². The van der Waals surface area contributed by atoms with Gasteiger partial charge in [-0.15, -0.1) is 11.3 Å². The van der Waals surface area contributed by atoms with Crippen molar-refractivity contribution in [3.8, 4) is 0 Å². The largest absolute Gasteiger partial charge is 0.337 e. The number of fused-ring (bicyclic) bond motifs is 1. The van der Waals surface area contributed by atoms with E-state index in [0.29, 0.717) is 0 Å². The Morgan fingerprint density at radius 3 is 2.92 bits per heavy atom. The molecule has 1 fully saturated rings. The van der Waals surface area contributed by atoms with Crippen molar-refractivity contribution in [1.82, 2.24) is 24.3 Å². The van der Waals surface area contributed by atoms with Gasteiger partial charge in [0.05, 0.1) is 28.1 Å². The van der Waals surface area contributed by atoms with Gasteiger partial charge < -0.3 is 9.47 Å². The third-order valence-electron chi connectivity index (χ3n) is 4.90. The Morgan fingerprint density at radius 2 is 2.12 bits per heavy atom. The third kappa shape index (κ3) is 3.50. The first-order chi connectivity index (χ1) is 12.6. The summed E-state index contributed by atoms with van der Waals surface area (Å²) in [6.45, 7) is 6.34. The number of aryl methyl sites for hydroxylation is 2. The molecule has 3 aromatic rings. The molecule has 26 heavy (non-hydrogen) atoms. The van der Waals surface area contributed by atoms with Crippen LogP contribution in [0.4, 0.5) is 0 Å². The summed E-state index contributed by atoms with van der Waals surface area (Å²) in [5, 5.41) is 3.24. The van der Waals surface area contributed by atoms with Gasteiger partial charge >= 0.3 is 0 Å². The highest BCUT2D eigenvalue weighted by Crippen LogP contribution is 2.17. The van der Waals surface area contributed by atoms with Crippen LogP contribution >= 0.6 is 11.3 Å². The van der Waals surface area contributed by atoms with Crippen LogP contribution in [0.25, 0.3) is 11.0 Å². The topological polar surface area (TPSA) is 54.3 Å². The molecule has 136 valence electrons. The van der Waals surface area contributed by atoms with E-state index in [9.17, 15) is 4.79 Å². The normalized spacial score (nSPS) is 16.2. The van der Waals surface area contributed by atoms with Crippen LogP contribution in [0.5, 0.6) is 0 Å². The molecule has 0 bridgehead atoms. The molecule has 0 spiro atoms. The van der Waals surface area contributed by atoms with Gasteiger partial charge in [-0.25, -0.2) is 9.97 Å². The molecule has 0 radical (unpaired) electrons. The second-order valence-electron chi connectivity index (χ2n) is 6.84. The number of carbonyl (C=O) groups excluding carboxylic acids is 1. The molecular weight excluding hydrogens is 346 g/mol. The van der Waals surface area contributed by atoms with Crippen molar-refractivity contribution in [2.45, 2.75) is 19.9 Å². The van der Waals surface area contributed by atoms with Crippen LogP contribution in [0.1, 0.15) is 27.5 Å². The quantitative estimate of drug-likeness (QED) is 0.712. The van der Waals surface area contributed by atoms with E-state index in [0.717, 1.165) is 66.4 Å². The van der Waals surface area contributed by atoms with Gasteiger partial charge in [-0.1, -0.05) is 0 Å². The number of benzene rings is 1. The van der Waals surface area contributed by atoms with Crippen molar-refractivity contribution >= 4 is 28.3 Å². The van der Waals surface area contributed by atoms with Crippen LogP contribution in [0.2, 0.25) is 0 Å². The number of carbonyl (C=O) groups is 1. The molecule has 0 aliphatic carbocycles. The Morgan fingerprint density at radius 1 is 1.23 bits per heavy atom. The zero-order valence-corrected chi connectivity index (χ0v) is 16.0. The van der Waals surface area contributed by atoms with Crippen molar-refractivity contribution in [2.75, 3.05) is 26.2 Å². The van der Waals surface area contributed by atoms with Crippen LogP contribution in [-0.4, -0.2) is 56.4 Å². The number of hydrogen-bond donors (Lipinski definition) is 0.